The summed E-state index contributed by atoms with van der Waals surface area (Å²) < 4.78 is 15.5. The maximum atomic E-state index is 13.7. The molecule has 4 rings (SSSR count). The van der Waals surface area contributed by atoms with Crippen LogP contribution >= 0.6 is 0 Å². The third kappa shape index (κ3) is 8.50. The number of amides is 2. The minimum Gasteiger partial charge on any atom is -0.468 e. The fourth-order valence-electron chi connectivity index (χ4n) is 4.65. The molecule has 12 nitrogen and oxygen atoms in total. The van der Waals surface area contributed by atoms with Crippen LogP contribution in [0.3, 0.4) is 0 Å². The van der Waals surface area contributed by atoms with Crippen LogP contribution in [-0.4, -0.2) is 66.4 Å². The van der Waals surface area contributed by atoms with Gasteiger partial charge in [-0.3, -0.25) is 24.5 Å². The molecule has 0 saturated carbocycles. The number of nitro groups is 1. The number of carbonyl (C=O) groups is 4. The van der Waals surface area contributed by atoms with Crippen LogP contribution in [0.1, 0.15) is 50.2 Å². The van der Waals surface area contributed by atoms with Crippen LogP contribution in [0.25, 0.3) is 0 Å². The average Bonchev–Trinajstić information content (AvgIpc) is 2.95. The first kappa shape index (κ1) is 31.1. The number of methoxy groups -OCH3 is 2. The van der Waals surface area contributed by atoms with Crippen molar-refractivity contribution in [1.29, 1.82) is 0 Å². The van der Waals surface area contributed by atoms with Gasteiger partial charge in [-0.2, -0.15) is 0 Å². The van der Waals surface area contributed by atoms with E-state index in [0.29, 0.717) is 17.5 Å². The largest absolute Gasteiger partial charge is 0.468 e. The van der Waals surface area contributed by atoms with E-state index in [4.69, 9.17) is 14.2 Å². The Labute approximate surface area is 238 Å². The fourth-order valence-corrected chi connectivity index (χ4v) is 4.65. The molecule has 2 atom stereocenters. The molecular formula is C29H35N3O9. The molecule has 2 aromatic rings. The highest BCUT2D eigenvalue weighted by Gasteiger charge is 2.34. The number of unbranched alkanes of at least 4 members (excludes halogenated alkanes) is 3. The average molecular weight is 570 g/mol. The lowest BCUT2D eigenvalue weighted by atomic mass is 10.0. The first-order valence-corrected chi connectivity index (χ1v) is 13.4. The van der Waals surface area contributed by atoms with Crippen molar-refractivity contribution in [2.24, 2.45) is 0 Å². The minimum absolute atomic E-state index is 0.0348. The van der Waals surface area contributed by atoms with E-state index in [1.807, 2.05) is 6.92 Å². The number of esters is 2. The van der Waals surface area contributed by atoms with E-state index < -0.39 is 47.3 Å². The minimum atomic E-state index is -1.22. The first-order chi connectivity index (χ1) is 19.7. The Hall–Kier alpha value is -4.48. The van der Waals surface area contributed by atoms with Crippen LogP contribution < -0.4 is 10.1 Å². The molecule has 2 aliphatic heterocycles. The summed E-state index contributed by atoms with van der Waals surface area (Å²) in [6, 6.07) is 8.44. The van der Waals surface area contributed by atoms with Gasteiger partial charge in [-0.05, 0) is 35.7 Å². The van der Waals surface area contributed by atoms with Crippen LogP contribution in [0.5, 0.6) is 11.5 Å². The smallest absolute Gasteiger partial charge is 0.328 e. The van der Waals surface area contributed by atoms with Crippen molar-refractivity contribution in [2.45, 2.75) is 64.0 Å². The summed E-state index contributed by atoms with van der Waals surface area (Å²) in [6.45, 7) is 1.58. The van der Waals surface area contributed by atoms with Crippen molar-refractivity contribution in [3.63, 3.8) is 0 Å². The second-order valence-electron chi connectivity index (χ2n) is 9.74. The number of hydrogen-bond acceptors (Lipinski definition) is 9. The summed E-state index contributed by atoms with van der Waals surface area (Å²) in [5.74, 6) is -2.41. The van der Waals surface area contributed by atoms with Gasteiger partial charge >= 0.3 is 17.6 Å². The lowest BCUT2D eigenvalue weighted by molar-refractivity contribution is -0.385. The molecule has 1 N–H and O–H groups in total. The lowest BCUT2D eigenvalue weighted by Gasteiger charge is -2.31. The van der Waals surface area contributed by atoms with Crippen molar-refractivity contribution in [1.82, 2.24) is 10.2 Å². The topological polar surface area (TPSA) is 154 Å². The molecular weight excluding hydrogens is 534 g/mol. The molecule has 220 valence electrons. The number of carbonyl (C=O) groups excluding carboxylic acids is 4. The van der Waals surface area contributed by atoms with E-state index in [1.165, 1.54) is 24.1 Å². The number of nitro benzene ring substituents is 1. The molecule has 2 aromatic carbocycles. The van der Waals surface area contributed by atoms with Gasteiger partial charge in [0, 0.05) is 12.5 Å². The molecule has 12 heteroatoms. The number of rotatable bonds is 9. The molecule has 41 heavy (non-hydrogen) atoms. The Kier molecular flexibility index (Phi) is 11.2. The van der Waals surface area contributed by atoms with E-state index in [-0.39, 0.29) is 36.4 Å². The number of benzene rings is 2. The summed E-state index contributed by atoms with van der Waals surface area (Å²) in [5, 5.41) is 14.5. The molecule has 0 aliphatic carbocycles. The third-order valence-corrected chi connectivity index (χ3v) is 6.80. The molecule has 2 heterocycles. The van der Waals surface area contributed by atoms with Crippen LogP contribution in [0.15, 0.2) is 42.5 Å². The Bertz CT molecular complexity index is 1280. The van der Waals surface area contributed by atoms with Gasteiger partial charge in [0.1, 0.15) is 24.4 Å². The molecule has 2 aliphatic rings. The fraction of sp³-hybridized carbons (Fsp3) is 0.448. The van der Waals surface area contributed by atoms with E-state index >= 15 is 0 Å². The van der Waals surface area contributed by atoms with Gasteiger partial charge in [0.25, 0.3) is 0 Å². The molecule has 0 radical (unpaired) electrons. The van der Waals surface area contributed by atoms with Crippen LogP contribution in [-0.2, 0) is 41.5 Å². The molecule has 0 aromatic heterocycles. The predicted octanol–water partition coefficient (Wildman–Crippen LogP) is 3.48. The Morgan fingerprint density at radius 1 is 1.07 bits per heavy atom. The van der Waals surface area contributed by atoms with Crippen molar-refractivity contribution in [3.8, 4) is 11.5 Å². The van der Waals surface area contributed by atoms with Gasteiger partial charge in [0.05, 0.1) is 25.6 Å². The highest BCUT2D eigenvalue weighted by atomic mass is 16.6. The number of hydrogen-bond donors (Lipinski definition) is 1. The SMILES string of the molecule is CCCCCCC1C(=O)NC(C(=O)OC)Cc2ccc(c([N+](=O)[O-])c2)Oc2cccc(c2)CC(=O)N1CC(=O)OC. The predicted molar refractivity (Wildman–Crippen MR) is 147 cm³/mol. The highest BCUT2D eigenvalue weighted by molar-refractivity contribution is 5.93. The molecule has 0 saturated heterocycles. The van der Waals surface area contributed by atoms with Gasteiger partial charge in [-0.1, -0.05) is 50.8 Å². The van der Waals surface area contributed by atoms with Gasteiger partial charge in [0.15, 0.2) is 0 Å². The summed E-state index contributed by atoms with van der Waals surface area (Å²) >= 11 is 0. The summed E-state index contributed by atoms with van der Waals surface area (Å²) in [4.78, 5) is 64.9. The van der Waals surface area contributed by atoms with E-state index in [9.17, 15) is 29.3 Å². The number of nitrogens with one attached hydrogen (secondary N) is 1. The van der Waals surface area contributed by atoms with Crippen molar-refractivity contribution >= 4 is 29.4 Å². The normalized spacial score (nSPS) is 17.4. The quantitative estimate of drug-likeness (QED) is 0.207. The summed E-state index contributed by atoms with van der Waals surface area (Å²) in [7, 11) is 2.36. The van der Waals surface area contributed by atoms with E-state index in [1.54, 1.807) is 30.3 Å². The molecule has 0 spiro atoms. The van der Waals surface area contributed by atoms with Crippen LogP contribution in [0.4, 0.5) is 5.69 Å². The van der Waals surface area contributed by atoms with Gasteiger partial charge < -0.3 is 24.4 Å². The Morgan fingerprint density at radius 2 is 1.85 bits per heavy atom. The maximum Gasteiger partial charge on any atom is 0.328 e. The third-order valence-electron chi connectivity index (χ3n) is 6.80. The molecule has 2 amide bonds. The molecule has 2 unspecified atom stereocenters. The zero-order valence-electron chi connectivity index (χ0n) is 23.4. The zero-order chi connectivity index (χ0) is 29.9. The zero-order valence-corrected chi connectivity index (χ0v) is 23.4. The van der Waals surface area contributed by atoms with Crippen molar-refractivity contribution < 1.29 is 38.3 Å². The molecule has 0 fully saturated rings. The summed E-state index contributed by atoms with van der Waals surface area (Å²) in [5.41, 5.74) is 0.554. The Balaban J connectivity index is 2.12. The van der Waals surface area contributed by atoms with Gasteiger partial charge in [-0.25, -0.2) is 4.79 Å². The van der Waals surface area contributed by atoms with Crippen molar-refractivity contribution in [3.05, 3.63) is 63.7 Å². The maximum absolute atomic E-state index is 13.7. The van der Waals surface area contributed by atoms with Crippen LogP contribution in [0.2, 0.25) is 0 Å². The Morgan fingerprint density at radius 3 is 2.54 bits per heavy atom. The second-order valence-corrected chi connectivity index (χ2v) is 9.74. The highest BCUT2D eigenvalue weighted by Crippen LogP contribution is 2.33. The van der Waals surface area contributed by atoms with Crippen molar-refractivity contribution in [2.75, 3.05) is 20.8 Å². The standard InChI is InChI=1S/C29H35N3O9/c1-4-5-6-7-11-23-28(35)30-22(29(36)40-3)15-20-12-13-25(24(16-20)32(37)38)41-21-10-8-9-19(14-21)17-26(33)31(23)18-27(34)39-2/h8-10,12-14,16,22-23H,4-7,11,15,17-18H2,1-3H3,(H,30,35). The van der Waals surface area contributed by atoms with E-state index in [2.05, 4.69) is 5.32 Å². The van der Waals surface area contributed by atoms with Crippen LogP contribution in [0, 0.1) is 10.1 Å². The second kappa shape index (κ2) is 14.8. The van der Waals surface area contributed by atoms with E-state index in [0.717, 1.165) is 26.4 Å². The number of fused-ring (bicyclic) bond motifs is 9. The van der Waals surface area contributed by atoms with Gasteiger partial charge in [-0.15, -0.1) is 0 Å². The summed E-state index contributed by atoms with van der Waals surface area (Å²) in [6.07, 6.45) is 3.21. The number of ether oxygens (including phenoxy) is 3. The monoisotopic (exact) mass is 569 g/mol. The van der Waals surface area contributed by atoms with Gasteiger partial charge in [0.2, 0.25) is 17.6 Å². The lowest BCUT2D eigenvalue weighted by Crippen LogP contribution is -2.55. The number of nitrogens with zero attached hydrogens (tertiary/aromatic N) is 2. The first-order valence-electron chi connectivity index (χ1n) is 13.4. The molecule has 4 bridgehead atoms.